The normalized spacial score (nSPS) is 10.5. The van der Waals surface area contributed by atoms with Gasteiger partial charge in [-0.3, -0.25) is 4.98 Å². The third kappa shape index (κ3) is 1.69. The maximum atomic E-state index is 4.08. The van der Waals surface area contributed by atoms with Crippen molar-refractivity contribution in [2.45, 2.75) is 6.92 Å². The van der Waals surface area contributed by atoms with Gasteiger partial charge < -0.3 is 0 Å². The molecule has 0 saturated heterocycles. The predicted octanol–water partition coefficient (Wildman–Crippen LogP) is 0.218. The van der Waals surface area contributed by atoms with E-state index in [0.717, 1.165) is 11.3 Å². The maximum absolute atomic E-state index is 4.08. The molecule has 0 saturated carbocycles. The van der Waals surface area contributed by atoms with E-state index in [4.69, 9.17) is 0 Å². The first-order valence-electron chi connectivity index (χ1n) is 5.18. The number of tetrazole rings is 1. The van der Waals surface area contributed by atoms with Gasteiger partial charge in [-0.25, -0.2) is 4.98 Å². The highest BCUT2D eigenvalue weighted by atomic mass is 15.5. The van der Waals surface area contributed by atoms with E-state index >= 15 is 0 Å². The summed E-state index contributed by atoms with van der Waals surface area (Å²) < 4.78 is 1.58. The van der Waals surface area contributed by atoms with Crippen molar-refractivity contribution in [1.82, 2.24) is 40.4 Å². The molecular weight excluding hydrogens is 232 g/mol. The number of nitrogens with zero attached hydrogens (tertiary/aromatic N) is 8. The van der Waals surface area contributed by atoms with Gasteiger partial charge in [-0.15, -0.1) is 10.2 Å². The molecule has 0 aromatic carbocycles. The maximum Gasteiger partial charge on any atom is 0.207 e. The average molecular weight is 240 g/mol. The predicted molar refractivity (Wildman–Crippen MR) is 60.5 cm³/mol. The molecule has 0 aliphatic carbocycles. The van der Waals surface area contributed by atoms with Crippen molar-refractivity contribution >= 4 is 0 Å². The molecule has 88 valence electrons. The van der Waals surface area contributed by atoms with Gasteiger partial charge in [-0.2, -0.15) is 9.78 Å². The number of aryl methyl sites for hydroxylation is 1. The lowest BCUT2D eigenvalue weighted by atomic mass is 10.2. The van der Waals surface area contributed by atoms with Gasteiger partial charge in [0.05, 0.1) is 18.1 Å². The number of pyridine rings is 1. The molecule has 0 bridgehead atoms. The van der Waals surface area contributed by atoms with Gasteiger partial charge in [0.25, 0.3) is 0 Å². The molecule has 3 heterocycles. The topological polar surface area (TPSA) is 95.2 Å². The Morgan fingerprint density at radius 3 is 2.89 bits per heavy atom. The van der Waals surface area contributed by atoms with Crippen molar-refractivity contribution in [2.24, 2.45) is 0 Å². The molecule has 3 rings (SSSR count). The molecule has 8 heteroatoms. The second kappa shape index (κ2) is 4.24. The van der Waals surface area contributed by atoms with E-state index in [0.29, 0.717) is 11.5 Å². The summed E-state index contributed by atoms with van der Waals surface area (Å²) in [7, 11) is 0. The van der Waals surface area contributed by atoms with Crippen molar-refractivity contribution in [1.29, 1.82) is 0 Å². The molecule has 3 aromatic rings. The summed E-state index contributed by atoms with van der Waals surface area (Å²) in [5.41, 5.74) is 2.37. The summed E-state index contributed by atoms with van der Waals surface area (Å²) in [6.07, 6.45) is 6.28. The monoisotopic (exact) mass is 240 g/mol. The van der Waals surface area contributed by atoms with E-state index in [9.17, 15) is 0 Å². The summed E-state index contributed by atoms with van der Waals surface area (Å²) in [4.78, 5) is 8.15. The Morgan fingerprint density at radius 2 is 2.11 bits per heavy atom. The van der Waals surface area contributed by atoms with Crippen molar-refractivity contribution < 1.29 is 0 Å². The van der Waals surface area contributed by atoms with Crippen LogP contribution in [0, 0.1) is 6.92 Å². The van der Waals surface area contributed by atoms with Gasteiger partial charge in [0.15, 0.2) is 0 Å². The Labute approximate surface area is 102 Å². The Kier molecular flexibility index (Phi) is 2.45. The molecule has 0 N–H and O–H groups in total. The summed E-state index contributed by atoms with van der Waals surface area (Å²) in [5, 5.41) is 18.9. The highest BCUT2D eigenvalue weighted by Crippen LogP contribution is 2.17. The number of aromatic nitrogens is 8. The van der Waals surface area contributed by atoms with Crippen molar-refractivity contribution in [3.8, 4) is 17.2 Å². The van der Waals surface area contributed by atoms with Crippen LogP contribution in [0.5, 0.6) is 0 Å². The Balaban J connectivity index is 2.16. The fraction of sp³-hybridized carbons (Fsp3) is 0.100. The van der Waals surface area contributed by atoms with Gasteiger partial charge in [0.2, 0.25) is 5.82 Å². The van der Waals surface area contributed by atoms with Crippen LogP contribution in [0.25, 0.3) is 17.2 Å². The molecular formula is C10H8N8. The lowest BCUT2D eigenvalue weighted by Crippen LogP contribution is -2.03. The molecule has 3 aromatic heterocycles. The van der Waals surface area contributed by atoms with Crippen LogP contribution in [0.3, 0.4) is 0 Å². The van der Waals surface area contributed by atoms with E-state index < -0.39 is 0 Å². The molecule has 0 aliphatic rings. The molecule has 0 aliphatic heterocycles. The van der Waals surface area contributed by atoms with Crippen LogP contribution in [0.4, 0.5) is 0 Å². The van der Waals surface area contributed by atoms with E-state index in [-0.39, 0.29) is 0 Å². The summed E-state index contributed by atoms with van der Waals surface area (Å²) >= 11 is 0. The fourth-order valence-corrected chi connectivity index (χ4v) is 1.54. The van der Waals surface area contributed by atoms with E-state index in [1.807, 2.05) is 13.0 Å². The molecule has 0 amide bonds. The summed E-state index contributed by atoms with van der Waals surface area (Å²) in [6.45, 7) is 1.96. The molecule has 0 spiro atoms. The van der Waals surface area contributed by atoms with Gasteiger partial charge in [-0.05, 0) is 29.0 Å². The van der Waals surface area contributed by atoms with Crippen molar-refractivity contribution in [2.75, 3.05) is 0 Å². The van der Waals surface area contributed by atoms with E-state index in [1.54, 1.807) is 17.1 Å². The van der Waals surface area contributed by atoms with Crippen molar-refractivity contribution in [3.63, 3.8) is 0 Å². The lowest BCUT2D eigenvalue weighted by Gasteiger charge is -2.05. The number of hydrogen-bond acceptors (Lipinski definition) is 7. The zero-order chi connectivity index (χ0) is 12.4. The summed E-state index contributed by atoms with van der Waals surface area (Å²) in [6, 6.07) is 1.89. The largest absolute Gasteiger partial charge is 0.262 e. The van der Waals surface area contributed by atoms with Crippen LogP contribution in [0.1, 0.15) is 5.56 Å². The van der Waals surface area contributed by atoms with Gasteiger partial charge in [-0.1, -0.05) is 0 Å². The first-order valence-corrected chi connectivity index (χ1v) is 5.18. The van der Waals surface area contributed by atoms with Gasteiger partial charge in [0, 0.05) is 6.20 Å². The Bertz CT molecular complexity index is 662. The number of hydrogen-bond donors (Lipinski definition) is 0. The molecule has 0 radical (unpaired) electrons. The highest BCUT2D eigenvalue weighted by Gasteiger charge is 2.13. The van der Waals surface area contributed by atoms with Crippen LogP contribution < -0.4 is 0 Å². The standard InChI is InChI=1S/C10H8N8/c1-7-2-3-11-5-9(7)18-10(15-16-17-18)8-4-13-14-6-12-8/h2-6H,1H3. The molecule has 0 fully saturated rings. The molecule has 8 nitrogen and oxygen atoms in total. The number of rotatable bonds is 2. The minimum Gasteiger partial charge on any atom is -0.262 e. The minimum absolute atomic E-state index is 0.501. The third-order valence-electron chi connectivity index (χ3n) is 2.43. The van der Waals surface area contributed by atoms with Crippen molar-refractivity contribution in [3.05, 3.63) is 36.5 Å². The van der Waals surface area contributed by atoms with Crippen LogP contribution in [0.2, 0.25) is 0 Å². The minimum atomic E-state index is 0.501. The first-order chi connectivity index (χ1) is 8.86. The van der Waals surface area contributed by atoms with Crippen LogP contribution in [-0.2, 0) is 0 Å². The van der Waals surface area contributed by atoms with E-state index in [1.165, 1.54) is 12.5 Å². The summed E-state index contributed by atoms with van der Waals surface area (Å²) in [5.74, 6) is 0.501. The van der Waals surface area contributed by atoms with Gasteiger partial charge >= 0.3 is 0 Å². The molecule has 0 atom stereocenters. The quantitative estimate of drug-likeness (QED) is 0.632. The van der Waals surface area contributed by atoms with E-state index in [2.05, 4.69) is 35.7 Å². The molecule has 18 heavy (non-hydrogen) atoms. The first kappa shape index (κ1) is 10.4. The van der Waals surface area contributed by atoms with Gasteiger partial charge in [0.1, 0.15) is 12.0 Å². The van der Waals surface area contributed by atoms with Crippen LogP contribution >= 0.6 is 0 Å². The van der Waals surface area contributed by atoms with Crippen LogP contribution in [0.15, 0.2) is 31.0 Å². The zero-order valence-electron chi connectivity index (χ0n) is 9.46. The van der Waals surface area contributed by atoms with Crippen LogP contribution in [-0.4, -0.2) is 40.4 Å². The fourth-order valence-electron chi connectivity index (χ4n) is 1.54. The highest BCUT2D eigenvalue weighted by molar-refractivity contribution is 5.51. The second-order valence-corrected chi connectivity index (χ2v) is 3.57. The third-order valence-corrected chi connectivity index (χ3v) is 2.43. The lowest BCUT2D eigenvalue weighted by molar-refractivity contribution is 0.783. The Hall–Kier alpha value is -2.77. The Morgan fingerprint density at radius 1 is 1.17 bits per heavy atom. The zero-order valence-corrected chi connectivity index (χ0v) is 9.46. The second-order valence-electron chi connectivity index (χ2n) is 3.57. The SMILES string of the molecule is Cc1ccncc1-n1nnnc1-c1cnncn1. The molecule has 0 unspecified atom stereocenters. The average Bonchev–Trinajstić information content (AvgIpc) is 2.89. The smallest absolute Gasteiger partial charge is 0.207 e.